The van der Waals surface area contributed by atoms with E-state index in [0.29, 0.717) is 62.6 Å². The lowest BCUT2D eigenvalue weighted by molar-refractivity contribution is -0.137. The Morgan fingerprint density at radius 3 is 2.39 bits per heavy atom. The normalized spacial score (nSPS) is 17.7. The van der Waals surface area contributed by atoms with Crippen molar-refractivity contribution in [2.75, 3.05) is 62.2 Å². The highest BCUT2D eigenvalue weighted by Crippen LogP contribution is 2.44. The van der Waals surface area contributed by atoms with Gasteiger partial charge in [0.1, 0.15) is 12.4 Å². The molecule has 11 nitrogen and oxygen atoms in total. The van der Waals surface area contributed by atoms with Crippen molar-refractivity contribution in [3.63, 3.8) is 0 Å². The molecule has 2 fully saturated rings. The molecule has 2 saturated heterocycles. The molecule has 3 aromatic carbocycles. The van der Waals surface area contributed by atoms with Crippen LogP contribution in [0.3, 0.4) is 0 Å². The van der Waals surface area contributed by atoms with Crippen molar-refractivity contribution in [3.8, 4) is 22.9 Å². The molecule has 2 aromatic heterocycles. The van der Waals surface area contributed by atoms with Gasteiger partial charge in [0, 0.05) is 106 Å². The lowest BCUT2D eigenvalue weighted by Gasteiger charge is -2.34. The first-order valence-corrected chi connectivity index (χ1v) is 22.2. The molecule has 0 aliphatic carbocycles. The average molecular weight is 882 g/mol. The number of aryl methyl sites for hydroxylation is 2. The van der Waals surface area contributed by atoms with E-state index >= 15 is 0 Å². The fourth-order valence-electron chi connectivity index (χ4n) is 10.1. The van der Waals surface area contributed by atoms with E-state index in [1.54, 1.807) is 49.2 Å². The van der Waals surface area contributed by atoms with Gasteiger partial charge in [0.05, 0.1) is 36.0 Å². The summed E-state index contributed by atoms with van der Waals surface area (Å²) >= 11 is 0. The number of anilines is 3. The topological polar surface area (TPSA) is 98.7 Å². The van der Waals surface area contributed by atoms with E-state index in [1.807, 2.05) is 28.0 Å². The van der Waals surface area contributed by atoms with Crippen molar-refractivity contribution < 1.29 is 31.5 Å². The van der Waals surface area contributed by atoms with Gasteiger partial charge in [0.25, 0.3) is 6.43 Å². The van der Waals surface area contributed by atoms with Crippen LogP contribution in [0, 0.1) is 11.3 Å². The molecule has 0 radical (unpaired) electrons. The predicted octanol–water partition coefficient (Wildman–Crippen LogP) is 9.20. The number of likely N-dealkylation sites (tertiary alicyclic amines) is 1. The second-order valence-electron chi connectivity index (χ2n) is 17.5. The van der Waals surface area contributed by atoms with Gasteiger partial charge in [-0.25, -0.2) is 8.78 Å². The molecule has 9 rings (SSSR count). The summed E-state index contributed by atoms with van der Waals surface area (Å²) < 4.78 is 80.1. The highest BCUT2D eigenvalue weighted by Gasteiger charge is 2.36. The lowest BCUT2D eigenvalue weighted by Crippen LogP contribution is -2.38. The molecule has 16 heteroatoms. The average Bonchev–Trinajstić information content (AvgIpc) is 3.91. The van der Waals surface area contributed by atoms with Crippen molar-refractivity contribution in [2.24, 2.45) is 7.05 Å². The third-order valence-corrected chi connectivity index (χ3v) is 13.6. The summed E-state index contributed by atoms with van der Waals surface area (Å²) in [6, 6.07) is 17.4. The van der Waals surface area contributed by atoms with Gasteiger partial charge in [-0.05, 0) is 104 Å². The molecule has 4 aliphatic heterocycles. The largest absolute Gasteiger partial charge is 0.492 e. The number of nitrogens with zero attached hydrogens (tertiary/aromatic N) is 9. The van der Waals surface area contributed by atoms with Crippen LogP contribution in [-0.4, -0.2) is 87.7 Å². The highest BCUT2D eigenvalue weighted by molar-refractivity contribution is 5.78. The number of fused-ring (bicyclic) bond motifs is 2. The molecule has 0 N–H and O–H groups in total. The van der Waals surface area contributed by atoms with Crippen molar-refractivity contribution in [2.45, 2.75) is 83.0 Å². The molecule has 5 aromatic rings. The number of carbonyl (C=O) groups excluding carboxylic acids is 1. The smallest absolute Gasteiger partial charge is 0.417 e. The number of ether oxygens (including phenoxy) is 1. The Morgan fingerprint density at radius 1 is 0.953 bits per heavy atom. The number of nitriles is 1. The van der Waals surface area contributed by atoms with Crippen molar-refractivity contribution in [3.05, 3.63) is 106 Å². The van der Waals surface area contributed by atoms with Crippen molar-refractivity contribution >= 4 is 23.1 Å². The number of carbonyl (C=O) groups is 1. The number of alkyl halides is 5. The summed E-state index contributed by atoms with van der Waals surface area (Å²) in [7, 11) is 1.78. The Bertz CT molecular complexity index is 2530. The molecule has 336 valence electrons. The number of hydrogen-bond donors (Lipinski definition) is 0. The Morgan fingerprint density at radius 2 is 1.72 bits per heavy atom. The van der Waals surface area contributed by atoms with Crippen LogP contribution in [0.5, 0.6) is 5.75 Å². The lowest BCUT2D eigenvalue weighted by atomic mass is 9.89. The Labute approximate surface area is 369 Å². The number of amides is 1. The van der Waals surface area contributed by atoms with Crippen LogP contribution in [0.2, 0.25) is 0 Å². The van der Waals surface area contributed by atoms with E-state index in [9.17, 15) is 26.7 Å². The second-order valence-corrected chi connectivity index (χ2v) is 17.5. The molecule has 0 spiro atoms. The summed E-state index contributed by atoms with van der Waals surface area (Å²) in [6.07, 6.45) is 1.83. The molecule has 1 amide bonds. The third-order valence-electron chi connectivity index (χ3n) is 13.6. The summed E-state index contributed by atoms with van der Waals surface area (Å²) in [5.41, 5.74) is 5.42. The standard InChI is InChI=1S/C48H52F5N9O2/c1-31(63)60-21-15-44-42(30-60)47(61-16-3-4-34-24-40(36-28-55-57(2)29-36)41(46(49)50)26-45(34)61)56-62(44)37-13-17-58(18-14-37)22-23-64-39-9-6-32(7-10-39)33-11-19-59(20-12-33)38-8-5-35(27-54)43(25-38)48(51,52)53/h5-10,24-26,28-29,33,37,46H,3-4,11-23,30H2,1-2H3. The van der Waals surface area contributed by atoms with Crippen LogP contribution >= 0.6 is 0 Å². The maximum absolute atomic E-state index is 14.7. The van der Waals surface area contributed by atoms with Gasteiger partial charge in [-0.1, -0.05) is 12.1 Å². The zero-order chi connectivity index (χ0) is 44.7. The zero-order valence-electron chi connectivity index (χ0n) is 36.1. The summed E-state index contributed by atoms with van der Waals surface area (Å²) in [5.74, 6) is 1.84. The van der Waals surface area contributed by atoms with Crippen molar-refractivity contribution in [1.29, 1.82) is 5.26 Å². The summed E-state index contributed by atoms with van der Waals surface area (Å²) in [6.45, 7) is 7.57. The molecule has 4 aliphatic rings. The first-order valence-electron chi connectivity index (χ1n) is 22.2. The van der Waals surface area contributed by atoms with E-state index in [1.165, 1.54) is 11.6 Å². The molecular formula is C48H52F5N9O2. The van der Waals surface area contributed by atoms with Crippen LogP contribution < -0.4 is 14.5 Å². The number of halogens is 5. The highest BCUT2D eigenvalue weighted by atomic mass is 19.4. The van der Waals surface area contributed by atoms with Gasteiger partial charge in [0.2, 0.25) is 5.91 Å². The van der Waals surface area contributed by atoms with E-state index < -0.39 is 18.2 Å². The number of piperidine rings is 2. The Hall–Kier alpha value is -5.95. The van der Waals surface area contributed by atoms with Gasteiger partial charge in [0.15, 0.2) is 5.82 Å². The van der Waals surface area contributed by atoms with Crippen LogP contribution in [-0.2, 0) is 37.4 Å². The first-order chi connectivity index (χ1) is 30.8. The fraction of sp³-hybridized carbons (Fsp3) is 0.458. The van der Waals surface area contributed by atoms with Crippen LogP contribution in [0.15, 0.2) is 67.0 Å². The molecule has 64 heavy (non-hydrogen) atoms. The van der Waals surface area contributed by atoms with Gasteiger partial charge in [-0.3, -0.25) is 19.1 Å². The van der Waals surface area contributed by atoms with Crippen LogP contribution in [0.4, 0.5) is 39.1 Å². The van der Waals surface area contributed by atoms with Gasteiger partial charge < -0.3 is 19.4 Å². The summed E-state index contributed by atoms with van der Waals surface area (Å²) in [5, 5.41) is 18.7. The fourth-order valence-corrected chi connectivity index (χ4v) is 10.1. The summed E-state index contributed by atoms with van der Waals surface area (Å²) in [4.78, 5) is 21.0. The monoisotopic (exact) mass is 881 g/mol. The van der Waals surface area contributed by atoms with E-state index in [-0.39, 0.29) is 29.0 Å². The molecule has 0 unspecified atom stereocenters. The molecule has 0 bridgehead atoms. The van der Waals surface area contributed by atoms with Gasteiger partial charge >= 0.3 is 6.18 Å². The first kappa shape index (κ1) is 43.3. The molecule has 6 heterocycles. The zero-order valence-corrected chi connectivity index (χ0v) is 36.1. The predicted molar refractivity (Wildman–Crippen MR) is 233 cm³/mol. The number of rotatable bonds is 10. The second kappa shape index (κ2) is 17.9. The minimum Gasteiger partial charge on any atom is -0.492 e. The maximum atomic E-state index is 14.7. The van der Waals surface area contributed by atoms with E-state index in [2.05, 4.69) is 31.7 Å². The minimum absolute atomic E-state index is 0.00425. The molecule has 0 saturated carbocycles. The molecular weight excluding hydrogens is 830 g/mol. The quantitative estimate of drug-likeness (QED) is 0.128. The SMILES string of the molecule is CC(=O)N1CCc2c(c(N3CCCc4cc(-c5cnn(C)c5)c(C(F)F)cc43)nn2C2CCN(CCOc3ccc(C4CCN(c5ccc(C#N)c(C(F)(F)F)c5)CC4)cc3)CC2)C1. The van der Waals surface area contributed by atoms with Gasteiger partial charge in [-0.2, -0.15) is 28.6 Å². The Kier molecular flexibility index (Phi) is 12.1. The van der Waals surface area contributed by atoms with E-state index in [4.69, 9.17) is 15.1 Å². The van der Waals surface area contributed by atoms with Crippen LogP contribution in [0.1, 0.15) is 96.5 Å². The third kappa shape index (κ3) is 8.79. The number of hydrogen-bond acceptors (Lipinski definition) is 8. The molecule has 0 atom stereocenters. The van der Waals surface area contributed by atoms with Gasteiger partial charge in [-0.15, -0.1) is 0 Å². The number of benzene rings is 3. The number of aromatic nitrogens is 4. The van der Waals surface area contributed by atoms with E-state index in [0.717, 1.165) is 98.3 Å². The minimum atomic E-state index is -4.58. The Balaban J connectivity index is 0.818. The van der Waals surface area contributed by atoms with Crippen molar-refractivity contribution in [1.82, 2.24) is 29.4 Å². The van der Waals surface area contributed by atoms with Crippen LogP contribution in [0.25, 0.3) is 11.1 Å². The maximum Gasteiger partial charge on any atom is 0.417 e.